The molecule has 0 aromatic carbocycles. The maximum absolute atomic E-state index is 12.4. The zero-order valence-electron chi connectivity index (χ0n) is 9.17. The van der Waals surface area contributed by atoms with Crippen molar-refractivity contribution >= 4 is 21.7 Å². The van der Waals surface area contributed by atoms with Crippen LogP contribution in [0, 0.1) is 0 Å². The number of pyridine rings is 1. The van der Waals surface area contributed by atoms with Gasteiger partial charge in [0.15, 0.2) is 0 Å². The number of alkyl halides is 4. The van der Waals surface area contributed by atoms with Gasteiger partial charge in [-0.2, -0.15) is 18.2 Å². The van der Waals surface area contributed by atoms with Crippen LogP contribution in [0.3, 0.4) is 0 Å². The Morgan fingerprint density at radius 1 is 1.41 bits per heavy atom. The Hall–Kier alpha value is -0.980. The highest BCUT2D eigenvalue weighted by Gasteiger charge is 2.31. The van der Waals surface area contributed by atoms with Gasteiger partial charge in [-0.1, -0.05) is 22.0 Å². The van der Waals surface area contributed by atoms with E-state index in [-0.39, 0.29) is 12.4 Å². The van der Waals surface area contributed by atoms with Crippen LogP contribution in [0.25, 0.3) is 0 Å². The largest absolute Gasteiger partial charge is 0.481 e. The third-order valence-corrected chi connectivity index (χ3v) is 2.32. The van der Waals surface area contributed by atoms with Gasteiger partial charge in [-0.25, -0.2) is 0 Å². The minimum Gasteiger partial charge on any atom is -0.481 e. The van der Waals surface area contributed by atoms with Gasteiger partial charge in [0.25, 0.3) is 0 Å². The molecule has 7 heteroatoms. The predicted octanol–water partition coefficient (Wildman–Crippen LogP) is 2.85. The van der Waals surface area contributed by atoms with E-state index in [1.807, 2.05) is 0 Å². The van der Waals surface area contributed by atoms with Crippen molar-refractivity contribution in [3.8, 4) is 5.88 Å². The van der Waals surface area contributed by atoms with Crippen LogP contribution in [0.4, 0.5) is 19.0 Å². The molecule has 0 atom stereocenters. The lowest BCUT2D eigenvalue weighted by atomic mass is 10.4. The summed E-state index contributed by atoms with van der Waals surface area (Å²) in [6, 6.07) is 4.72. The van der Waals surface area contributed by atoms with Gasteiger partial charge >= 0.3 is 6.18 Å². The quantitative estimate of drug-likeness (QED) is 0.782. The van der Waals surface area contributed by atoms with Gasteiger partial charge in [0.2, 0.25) is 5.88 Å². The van der Waals surface area contributed by atoms with Crippen molar-refractivity contribution in [3.63, 3.8) is 0 Å². The number of ether oxygens (including phenoxy) is 1. The average Bonchev–Trinajstić information content (AvgIpc) is 2.27. The summed E-state index contributed by atoms with van der Waals surface area (Å²) in [6.07, 6.45) is -4.26. The van der Waals surface area contributed by atoms with Crippen LogP contribution in [0.1, 0.15) is 0 Å². The van der Waals surface area contributed by atoms with E-state index in [0.717, 1.165) is 4.90 Å². The Morgan fingerprint density at radius 2 is 2.12 bits per heavy atom. The molecule has 0 amide bonds. The van der Waals surface area contributed by atoms with Gasteiger partial charge in [0, 0.05) is 17.9 Å². The Balaban J connectivity index is 2.88. The summed E-state index contributed by atoms with van der Waals surface area (Å²) in [5.74, 6) is 0.547. The smallest absolute Gasteiger partial charge is 0.405 e. The molecule has 17 heavy (non-hydrogen) atoms. The summed E-state index contributed by atoms with van der Waals surface area (Å²) in [7, 11) is 1.42. The summed E-state index contributed by atoms with van der Waals surface area (Å²) in [5.41, 5.74) is 0. The normalized spacial score (nSPS) is 11.4. The van der Waals surface area contributed by atoms with Crippen molar-refractivity contribution < 1.29 is 17.9 Å². The molecule has 0 saturated carbocycles. The topological polar surface area (TPSA) is 25.4 Å². The van der Waals surface area contributed by atoms with Crippen molar-refractivity contribution in [3.05, 3.63) is 18.2 Å². The van der Waals surface area contributed by atoms with Crippen molar-refractivity contribution in [1.29, 1.82) is 0 Å². The zero-order chi connectivity index (χ0) is 12.9. The first kappa shape index (κ1) is 14.1. The van der Waals surface area contributed by atoms with E-state index in [9.17, 15) is 13.2 Å². The molecule has 1 heterocycles. The van der Waals surface area contributed by atoms with E-state index in [1.165, 1.54) is 13.2 Å². The Kier molecular flexibility index (Phi) is 5.04. The second-order valence-corrected chi connectivity index (χ2v) is 4.06. The fourth-order valence-corrected chi connectivity index (χ4v) is 1.71. The third kappa shape index (κ3) is 4.80. The molecule has 96 valence electrons. The number of rotatable bonds is 5. The van der Waals surface area contributed by atoms with Crippen molar-refractivity contribution in [2.45, 2.75) is 6.18 Å². The maximum atomic E-state index is 12.4. The molecule has 0 bridgehead atoms. The summed E-state index contributed by atoms with van der Waals surface area (Å²) in [4.78, 5) is 5.13. The first-order valence-corrected chi connectivity index (χ1v) is 5.97. The zero-order valence-corrected chi connectivity index (χ0v) is 10.8. The summed E-state index contributed by atoms with van der Waals surface area (Å²) >= 11 is 3.12. The number of aromatic nitrogens is 1. The molecule has 0 unspecified atom stereocenters. The second kappa shape index (κ2) is 6.09. The second-order valence-electron chi connectivity index (χ2n) is 3.26. The fraction of sp³-hybridized carbons (Fsp3) is 0.500. The molecular formula is C10H12BrF3N2O. The van der Waals surface area contributed by atoms with Crippen LogP contribution in [0.5, 0.6) is 5.88 Å². The first-order chi connectivity index (χ1) is 7.96. The lowest BCUT2D eigenvalue weighted by Gasteiger charge is -2.24. The highest BCUT2D eigenvalue weighted by Crippen LogP contribution is 2.22. The lowest BCUT2D eigenvalue weighted by Crippen LogP contribution is -2.36. The molecule has 1 aromatic rings. The minimum atomic E-state index is -4.26. The molecular weight excluding hydrogens is 301 g/mol. The van der Waals surface area contributed by atoms with Gasteiger partial charge in [-0.15, -0.1) is 0 Å². The lowest BCUT2D eigenvalue weighted by molar-refractivity contribution is -0.119. The van der Waals surface area contributed by atoms with E-state index in [0.29, 0.717) is 11.2 Å². The molecule has 0 aliphatic heterocycles. The average molecular weight is 313 g/mol. The van der Waals surface area contributed by atoms with Crippen LogP contribution in [0.15, 0.2) is 18.2 Å². The number of methoxy groups -OCH3 is 1. The van der Waals surface area contributed by atoms with Gasteiger partial charge in [-0.3, -0.25) is 0 Å². The van der Waals surface area contributed by atoms with Gasteiger partial charge in [-0.05, 0) is 6.07 Å². The van der Waals surface area contributed by atoms with Crippen LogP contribution >= 0.6 is 15.9 Å². The Morgan fingerprint density at radius 3 is 2.65 bits per heavy atom. The standard InChI is InChI=1S/C10H12BrF3N2O/c1-17-9-4-2-3-8(15-9)16(6-5-11)7-10(12,13)14/h2-4H,5-7H2,1H3. The van der Waals surface area contributed by atoms with Crippen LogP contribution in [-0.4, -0.2) is 36.7 Å². The molecule has 0 spiro atoms. The fourth-order valence-electron chi connectivity index (χ4n) is 1.29. The molecule has 0 saturated heterocycles. The molecule has 0 aliphatic carbocycles. The summed E-state index contributed by atoms with van der Waals surface area (Å²) in [6.45, 7) is -0.807. The highest BCUT2D eigenvalue weighted by atomic mass is 79.9. The van der Waals surface area contributed by atoms with Crippen LogP contribution < -0.4 is 9.64 Å². The summed E-state index contributed by atoms with van der Waals surface area (Å²) in [5, 5.41) is 0.433. The molecule has 1 rings (SSSR count). The van der Waals surface area contributed by atoms with Gasteiger partial charge in [0.1, 0.15) is 12.4 Å². The molecule has 0 fully saturated rings. The minimum absolute atomic E-state index is 0.222. The number of hydrogen-bond acceptors (Lipinski definition) is 3. The van der Waals surface area contributed by atoms with E-state index >= 15 is 0 Å². The molecule has 0 radical (unpaired) electrons. The Labute approximate surface area is 106 Å². The highest BCUT2D eigenvalue weighted by molar-refractivity contribution is 9.09. The van der Waals surface area contributed by atoms with Crippen LogP contribution in [-0.2, 0) is 0 Å². The molecule has 0 N–H and O–H groups in total. The van der Waals surface area contributed by atoms with E-state index in [4.69, 9.17) is 4.74 Å². The predicted molar refractivity (Wildman–Crippen MR) is 62.9 cm³/mol. The van der Waals surface area contributed by atoms with Crippen molar-refractivity contribution in [1.82, 2.24) is 4.98 Å². The summed E-state index contributed by atoms with van der Waals surface area (Å²) < 4.78 is 42.0. The number of halogens is 4. The van der Waals surface area contributed by atoms with E-state index < -0.39 is 12.7 Å². The van der Waals surface area contributed by atoms with E-state index in [2.05, 4.69) is 20.9 Å². The Bertz CT molecular complexity index is 360. The molecule has 0 aliphatic rings. The number of anilines is 1. The van der Waals surface area contributed by atoms with Crippen molar-refractivity contribution in [2.75, 3.05) is 30.4 Å². The number of nitrogens with zero attached hydrogens (tertiary/aromatic N) is 2. The molecule has 1 aromatic heterocycles. The van der Waals surface area contributed by atoms with Crippen LogP contribution in [0.2, 0.25) is 0 Å². The van der Waals surface area contributed by atoms with Gasteiger partial charge in [0.05, 0.1) is 7.11 Å². The SMILES string of the molecule is COc1cccc(N(CCBr)CC(F)(F)F)n1. The number of hydrogen-bond donors (Lipinski definition) is 0. The monoisotopic (exact) mass is 312 g/mol. The maximum Gasteiger partial charge on any atom is 0.405 e. The first-order valence-electron chi connectivity index (χ1n) is 4.85. The van der Waals surface area contributed by atoms with E-state index in [1.54, 1.807) is 12.1 Å². The third-order valence-electron chi connectivity index (χ3n) is 1.97. The molecule has 3 nitrogen and oxygen atoms in total. The van der Waals surface area contributed by atoms with Gasteiger partial charge < -0.3 is 9.64 Å². The van der Waals surface area contributed by atoms with Crippen molar-refractivity contribution in [2.24, 2.45) is 0 Å².